The van der Waals surface area contributed by atoms with E-state index in [1.54, 1.807) is 0 Å². The average Bonchev–Trinajstić information content (AvgIpc) is 3.19. The number of aliphatic hydroxyl groups excluding tert-OH is 4. The molecule has 6 nitrogen and oxygen atoms in total. The maximum atomic E-state index is 12.5. The van der Waals surface area contributed by atoms with Gasteiger partial charge in [0.05, 0.1) is 18.8 Å². The summed E-state index contributed by atoms with van der Waals surface area (Å²) in [6, 6.07) is -1.00. The van der Waals surface area contributed by atoms with Crippen LogP contribution < -0.4 is 5.32 Å². The fraction of sp³-hybridized carbons (Fsp3) is 0.898. The van der Waals surface area contributed by atoms with Gasteiger partial charge >= 0.3 is 0 Å². The van der Waals surface area contributed by atoms with Crippen LogP contribution in [0.25, 0.3) is 0 Å². The standard InChI is InChI=1S/C49H95NO5/c1-3-5-7-9-11-13-15-16-17-18-19-20-21-22-23-24-25-26-27-28-29-30-31-32-33-35-37-39-41-43-47(53)49(55)50-45(44-51)48(54)46(52)42-40-38-36-34-14-12-10-8-6-4-2/h8,10,34,36,45-48,51-54H,3-7,9,11-33,35,37-44H2,1-2H3,(H,50,55)/b10-8+,36-34+. The van der Waals surface area contributed by atoms with E-state index >= 15 is 0 Å². The molecule has 326 valence electrons. The van der Waals surface area contributed by atoms with E-state index in [1.807, 2.05) is 0 Å². The van der Waals surface area contributed by atoms with Crippen molar-refractivity contribution < 1.29 is 25.2 Å². The summed E-state index contributed by atoms with van der Waals surface area (Å²) in [5, 5.41) is 43.5. The van der Waals surface area contributed by atoms with Crippen molar-refractivity contribution in [1.29, 1.82) is 0 Å². The molecular formula is C49H95NO5. The maximum absolute atomic E-state index is 12.5. The van der Waals surface area contributed by atoms with Crippen molar-refractivity contribution in [3.63, 3.8) is 0 Å². The van der Waals surface area contributed by atoms with E-state index in [4.69, 9.17) is 0 Å². The zero-order valence-corrected chi connectivity index (χ0v) is 36.7. The van der Waals surface area contributed by atoms with E-state index < -0.39 is 36.9 Å². The van der Waals surface area contributed by atoms with Gasteiger partial charge in [0.15, 0.2) is 0 Å². The first-order valence-corrected chi connectivity index (χ1v) is 24.2. The molecule has 55 heavy (non-hydrogen) atoms. The van der Waals surface area contributed by atoms with Crippen LogP contribution in [-0.4, -0.2) is 57.3 Å². The van der Waals surface area contributed by atoms with Crippen LogP contribution in [0, 0.1) is 0 Å². The van der Waals surface area contributed by atoms with Gasteiger partial charge in [0.2, 0.25) is 5.91 Å². The van der Waals surface area contributed by atoms with Crippen LogP contribution in [0.2, 0.25) is 0 Å². The van der Waals surface area contributed by atoms with E-state index in [-0.39, 0.29) is 0 Å². The number of hydrogen-bond donors (Lipinski definition) is 5. The van der Waals surface area contributed by atoms with Crippen molar-refractivity contribution >= 4 is 5.91 Å². The number of amides is 1. The summed E-state index contributed by atoms with van der Waals surface area (Å²) in [6.07, 6.45) is 51.1. The number of hydrogen-bond acceptors (Lipinski definition) is 5. The minimum Gasteiger partial charge on any atom is -0.394 e. The Morgan fingerprint density at radius 3 is 1.15 bits per heavy atom. The molecule has 0 aliphatic carbocycles. The SMILES string of the molecule is CCC/C=C/CC/C=C/CCCC(O)C(O)C(CO)NC(=O)C(O)CCCCCCCCCCCCCCCCCCCCCCCCCCCCCCC. The van der Waals surface area contributed by atoms with Crippen molar-refractivity contribution in [1.82, 2.24) is 5.32 Å². The van der Waals surface area contributed by atoms with Crippen molar-refractivity contribution in [2.45, 2.75) is 276 Å². The van der Waals surface area contributed by atoms with Crippen LogP contribution in [0.5, 0.6) is 0 Å². The van der Waals surface area contributed by atoms with Crippen LogP contribution in [0.4, 0.5) is 0 Å². The molecule has 0 aromatic rings. The Kier molecular flexibility index (Phi) is 42.9. The average molecular weight is 778 g/mol. The first-order valence-electron chi connectivity index (χ1n) is 24.2. The number of carbonyl (C=O) groups excluding carboxylic acids is 1. The zero-order valence-electron chi connectivity index (χ0n) is 36.7. The number of aliphatic hydroxyl groups is 4. The monoisotopic (exact) mass is 778 g/mol. The highest BCUT2D eigenvalue weighted by Crippen LogP contribution is 2.17. The molecule has 1 amide bonds. The molecule has 5 N–H and O–H groups in total. The van der Waals surface area contributed by atoms with Gasteiger partial charge in [-0.3, -0.25) is 4.79 Å². The topological polar surface area (TPSA) is 110 Å². The van der Waals surface area contributed by atoms with Crippen LogP contribution in [0.1, 0.15) is 251 Å². The van der Waals surface area contributed by atoms with E-state index in [0.29, 0.717) is 19.3 Å². The molecule has 4 atom stereocenters. The maximum Gasteiger partial charge on any atom is 0.249 e. The summed E-state index contributed by atoms with van der Waals surface area (Å²) in [4.78, 5) is 12.5. The molecule has 0 aliphatic heterocycles. The predicted molar refractivity (Wildman–Crippen MR) is 237 cm³/mol. The molecular weight excluding hydrogens is 683 g/mol. The van der Waals surface area contributed by atoms with E-state index in [1.165, 1.54) is 173 Å². The molecule has 0 aromatic carbocycles. The lowest BCUT2D eigenvalue weighted by Crippen LogP contribution is -2.53. The lowest BCUT2D eigenvalue weighted by molar-refractivity contribution is -0.132. The first-order chi connectivity index (χ1) is 27.0. The Labute approximate surface area is 342 Å². The van der Waals surface area contributed by atoms with Gasteiger partial charge < -0.3 is 25.7 Å². The molecule has 0 aromatic heterocycles. The third kappa shape index (κ3) is 38.1. The summed E-state index contributed by atoms with van der Waals surface area (Å²) in [5.41, 5.74) is 0. The Bertz CT molecular complexity index is 832. The number of allylic oxidation sites excluding steroid dienone is 4. The summed E-state index contributed by atoms with van der Waals surface area (Å²) in [7, 11) is 0. The molecule has 0 rings (SSSR count). The summed E-state index contributed by atoms with van der Waals surface area (Å²) in [5.74, 6) is -0.596. The van der Waals surface area contributed by atoms with E-state index in [9.17, 15) is 25.2 Å². The highest BCUT2D eigenvalue weighted by atomic mass is 16.3. The number of nitrogens with one attached hydrogen (secondary N) is 1. The van der Waals surface area contributed by atoms with Crippen LogP contribution in [-0.2, 0) is 4.79 Å². The van der Waals surface area contributed by atoms with Gasteiger partial charge in [-0.05, 0) is 44.9 Å². The lowest BCUT2D eigenvalue weighted by Gasteiger charge is -2.27. The van der Waals surface area contributed by atoms with Gasteiger partial charge in [-0.1, -0.05) is 231 Å². The summed E-state index contributed by atoms with van der Waals surface area (Å²) < 4.78 is 0. The fourth-order valence-electron chi connectivity index (χ4n) is 7.55. The van der Waals surface area contributed by atoms with Gasteiger partial charge in [-0.25, -0.2) is 0 Å². The molecule has 0 bridgehead atoms. The summed E-state index contributed by atoms with van der Waals surface area (Å²) in [6.45, 7) is 3.97. The van der Waals surface area contributed by atoms with Gasteiger partial charge in [0.1, 0.15) is 12.2 Å². The predicted octanol–water partition coefficient (Wildman–Crippen LogP) is 13.1. The molecule has 6 heteroatoms. The molecule has 0 heterocycles. The smallest absolute Gasteiger partial charge is 0.249 e. The molecule has 0 saturated carbocycles. The fourth-order valence-corrected chi connectivity index (χ4v) is 7.55. The van der Waals surface area contributed by atoms with Gasteiger partial charge in [0, 0.05) is 0 Å². The van der Waals surface area contributed by atoms with E-state index in [2.05, 4.69) is 43.5 Å². The number of rotatable bonds is 44. The van der Waals surface area contributed by atoms with Gasteiger partial charge in [-0.2, -0.15) is 0 Å². The largest absolute Gasteiger partial charge is 0.394 e. The van der Waals surface area contributed by atoms with Crippen LogP contribution in [0.15, 0.2) is 24.3 Å². The minimum atomic E-state index is -1.28. The Morgan fingerprint density at radius 2 is 0.782 bits per heavy atom. The van der Waals surface area contributed by atoms with Crippen LogP contribution in [0.3, 0.4) is 0 Å². The molecule has 0 saturated heterocycles. The molecule has 0 radical (unpaired) electrons. The Balaban J connectivity index is 3.56. The molecule has 0 spiro atoms. The normalized spacial score (nSPS) is 14.2. The second-order valence-corrected chi connectivity index (χ2v) is 16.8. The molecule has 0 fully saturated rings. The zero-order chi connectivity index (χ0) is 40.3. The Hall–Kier alpha value is -1.21. The molecule has 4 unspecified atom stereocenters. The third-order valence-electron chi connectivity index (χ3n) is 11.4. The first kappa shape index (κ1) is 53.8. The highest BCUT2D eigenvalue weighted by molar-refractivity contribution is 5.80. The summed E-state index contributed by atoms with van der Waals surface area (Å²) >= 11 is 0. The third-order valence-corrected chi connectivity index (χ3v) is 11.4. The number of carbonyl (C=O) groups is 1. The lowest BCUT2D eigenvalue weighted by atomic mass is 10.00. The minimum absolute atomic E-state index is 0.364. The van der Waals surface area contributed by atoms with Crippen molar-refractivity contribution in [3.8, 4) is 0 Å². The van der Waals surface area contributed by atoms with Crippen molar-refractivity contribution in [3.05, 3.63) is 24.3 Å². The van der Waals surface area contributed by atoms with Crippen molar-refractivity contribution in [2.24, 2.45) is 0 Å². The second-order valence-electron chi connectivity index (χ2n) is 16.8. The van der Waals surface area contributed by atoms with Crippen molar-refractivity contribution in [2.75, 3.05) is 6.61 Å². The highest BCUT2D eigenvalue weighted by Gasteiger charge is 2.28. The number of unbranched alkanes of at least 4 members (excludes halogenated alkanes) is 31. The molecule has 0 aliphatic rings. The van der Waals surface area contributed by atoms with Gasteiger partial charge in [0.25, 0.3) is 0 Å². The van der Waals surface area contributed by atoms with E-state index in [0.717, 1.165) is 44.9 Å². The Morgan fingerprint density at radius 1 is 0.436 bits per heavy atom. The second kappa shape index (κ2) is 43.9. The van der Waals surface area contributed by atoms with Gasteiger partial charge in [-0.15, -0.1) is 0 Å². The van der Waals surface area contributed by atoms with Crippen LogP contribution >= 0.6 is 0 Å². The quantitative estimate of drug-likeness (QED) is 0.0313.